The van der Waals surface area contributed by atoms with Gasteiger partial charge in [0.1, 0.15) is 0 Å². The van der Waals surface area contributed by atoms with Crippen molar-refractivity contribution in [2.45, 2.75) is 20.0 Å². The summed E-state index contributed by atoms with van der Waals surface area (Å²) < 4.78 is 4.82. The van der Waals surface area contributed by atoms with Crippen molar-refractivity contribution in [3.8, 4) is 0 Å². The highest BCUT2D eigenvalue weighted by Crippen LogP contribution is 2.12. The van der Waals surface area contributed by atoms with Crippen LogP contribution in [0.5, 0.6) is 0 Å². The highest BCUT2D eigenvalue weighted by molar-refractivity contribution is 5.96. The summed E-state index contributed by atoms with van der Waals surface area (Å²) >= 11 is 0. The number of nitrogens with zero attached hydrogens (tertiary/aromatic N) is 1. The molecular weight excluding hydrogens is 206 g/mol. The molecule has 0 saturated carbocycles. The van der Waals surface area contributed by atoms with E-state index in [2.05, 4.69) is 0 Å². The molecule has 0 heterocycles. The molecule has 0 N–H and O–H groups in total. The van der Waals surface area contributed by atoms with Crippen LogP contribution in [0.15, 0.2) is 30.3 Å². The minimum absolute atomic E-state index is 0.249. The zero-order chi connectivity index (χ0) is 12.1. The number of rotatable bonds is 3. The van der Waals surface area contributed by atoms with E-state index in [9.17, 15) is 9.59 Å². The van der Waals surface area contributed by atoms with Gasteiger partial charge in [0.2, 0.25) is 0 Å². The van der Waals surface area contributed by atoms with Crippen LogP contribution in [0.2, 0.25) is 0 Å². The van der Waals surface area contributed by atoms with Crippen LogP contribution in [0.25, 0.3) is 0 Å². The number of amides is 1. The van der Waals surface area contributed by atoms with Crippen molar-refractivity contribution >= 4 is 17.6 Å². The first kappa shape index (κ1) is 12.2. The van der Waals surface area contributed by atoms with Gasteiger partial charge in [-0.25, -0.2) is 0 Å². The fraction of sp³-hybridized carbons (Fsp3) is 0.333. The van der Waals surface area contributed by atoms with Crippen molar-refractivity contribution in [3.05, 3.63) is 30.3 Å². The number of hydrogen-bond donors (Lipinski definition) is 0. The minimum atomic E-state index is -0.761. The third kappa shape index (κ3) is 3.08. The molecule has 0 saturated heterocycles. The number of carbonyl (C=O) groups is 2. The number of ether oxygens (including phenoxy) is 1. The van der Waals surface area contributed by atoms with Gasteiger partial charge in [-0.2, -0.15) is 0 Å². The maximum Gasteiger partial charge on any atom is 0.303 e. The van der Waals surface area contributed by atoms with Crippen LogP contribution in [0.3, 0.4) is 0 Å². The van der Waals surface area contributed by atoms with Crippen LogP contribution in [0.4, 0.5) is 5.69 Å². The maximum absolute atomic E-state index is 11.8. The van der Waals surface area contributed by atoms with Crippen molar-refractivity contribution in [1.29, 1.82) is 0 Å². The standard InChI is InChI=1S/C12H15NO3/c1-9(16-10(2)14)12(15)13(3)11-7-5-4-6-8-11/h4-9H,1-3H3. The molecule has 86 valence electrons. The molecule has 1 atom stereocenters. The highest BCUT2D eigenvalue weighted by atomic mass is 16.5. The Bertz CT molecular complexity index is 375. The third-order valence-electron chi connectivity index (χ3n) is 2.16. The second-order valence-corrected chi connectivity index (χ2v) is 3.48. The molecule has 0 aliphatic carbocycles. The van der Waals surface area contributed by atoms with Gasteiger partial charge in [-0.05, 0) is 19.1 Å². The predicted molar refractivity (Wildman–Crippen MR) is 61.1 cm³/mol. The lowest BCUT2D eigenvalue weighted by Crippen LogP contribution is -2.37. The number of likely N-dealkylation sites (N-methyl/N-ethyl adjacent to an activating group) is 1. The molecule has 16 heavy (non-hydrogen) atoms. The van der Waals surface area contributed by atoms with Gasteiger partial charge in [0, 0.05) is 19.7 Å². The summed E-state index contributed by atoms with van der Waals surface area (Å²) in [6, 6.07) is 9.19. The highest BCUT2D eigenvalue weighted by Gasteiger charge is 2.20. The van der Waals surface area contributed by atoms with Gasteiger partial charge in [0.15, 0.2) is 6.10 Å². The summed E-state index contributed by atoms with van der Waals surface area (Å²) in [7, 11) is 1.65. The number of carbonyl (C=O) groups excluding carboxylic acids is 2. The Morgan fingerprint density at radius 3 is 2.31 bits per heavy atom. The average Bonchev–Trinajstić information content (AvgIpc) is 2.27. The first-order valence-corrected chi connectivity index (χ1v) is 5.02. The van der Waals surface area contributed by atoms with Gasteiger partial charge >= 0.3 is 5.97 Å². The summed E-state index contributed by atoms with van der Waals surface area (Å²) in [6.45, 7) is 2.84. The molecule has 0 aromatic heterocycles. The van der Waals surface area contributed by atoms with Gasteiger partial charge in [0.05, 0.1) is 0 Å². The van der Waals surface area contributed by atoms with Crippen molar-refractivity contribution in [3.63, 3.8) is 0 Å². The minimum Gasteiger partial charge on any atom is -0.453 e. The lowest BCUT2D eigenvalue weighted by atomic mass is 10.2. The average molecular weight is 221 g/mol. The van der Waals surface area contributed by atoms with E-state index in [1.807, 2.05) is 30.3 Å². The van der Waals surface area contributed by atoms with Crippen LogP contribution in [-0.2, 0) is 14.3 Å². The van der Waals surface area contributed by atoms with E-state index in [0.29, 0.717) is 0 Å². The lowest BCUT2D eigenvalue weighted by Gasteiger charge is -2.21. The molecular formula is C12H15NO3. The normalized spacial score (nSPS) is 11.7. The molecule has 0 aliphatic rings. The monoisotopic (exact) mass is 221 g/mol. The second kappa shape index (κ2) is 5.30. The predicted octanol–water partition coefficient (Wildman–Crippen LogP) is 1.60. The molecule has 0 aliphatic heterocycles. The SMILES string of the molecule is CC(=O)OC(C)C(=O)N(C)c1ccccc1. The van der Waals surface area contributed by atoms with E-state index >= 15 is 0 Å². The zero-order valence-electron chi connectivity index (χ0n) is 9.64. The topological polar surface area (TPSA) is 46.6 Å². The summed E-state index contributed by atoms with van der Waals surface area (Å²) in [5.41, 5.74) is 0.770. The van der Waals surface area contributed by atoms with Crippen LogP contribution in [-0.4, -0.2) is 25.0 Å². The number of para-hydroxylation sites is 1. The second-order valence-electron chi connectivity index (χ2n) is 3.48. The molecule has 4 nitrogen and oxygen atoms in total. The number of hydrogen-bond acceptors (Lipinski definition) is 3. The molecule has 4 heteroatoms. The van der Waals surface area contributed by atoms with Crippen molar-refractivity contribution < 1.29 is 14.3 Å². The Kier molecular flexibility index (Phi) is 4.05. The molecule has 1 rings (SSSR count). The van der Waals surface area contributed by atoms with E-state index in [4.69, 9.17) is 4.74 Å². The van der Waals surface area contributed by atoms with Gasteiger partial charge < -0.3 is 9.64 Å². The Morgan fingerprint density at radius 1 is 1.25 bits per heavy atom. The van der Waals surface area contributed by atoms with Gasteiger partial charge in [-0.3, -0.25) is 9.59 Å². The van der Waals surface area contributed by atoms with Gasteiger partial charge in [-0.1, -0.05) is 18.2 Å². The number of benzene rings is 1. The van der Waals surface area contributed by atoms with Gasteiger partial charge in [0.25, 0.3) is 5.91 Å². The van der Waals surface area contributed by atoms with Crippen LogP contribution in [0, 0.1) is 0 Å². The van der Waals surface area contributed by atoms with E-state index in [1.165, 1.54) is 11.8 Å². The first-order valence-electron chi connectivity index (χ1n) is 5.02. The summed E-state index contributed by atoms with van der Waals surface area (Å²) in [5, 5.41) is 0. The summed E-state index contributed by atoms with van der Waals surface area (Å²) in [5.74, 6) is -0.705. The molecule has 1 unspecified atom stereocenters. The Hall–Kier alpha value is -1.84. The number of esters is 1. The van der Waals surface area contributed by atoms with Crippen LogP contribution < -0.4 is 4.90 Å². The Morgan fingerprint density at radius 2 is 1.81 bits per heavy atom. The van der Waals surface area contributed by atoms with E-state index < -0.39 is 12.1 Å². The summed E-state index contributed by atoms with van der Waals surface area (Å²) in [6.07, 6.45) is -0.761. The number of anilines is 1. The fourth-order valence-electron chi connectivity index (χ4n) is 1.35. The molecule has 1 amide bonds. The van der Waals surface area contributed by atoms with Crippen LogP contribution >= 0.6 is 0 Å². The smallest absolute Gasteiger partial charge is 0.303 e. The molecule has 1 aromatic rings. The van der Waals surface area contributed by atoms with E-state index in [-0.39, 0.29) is 5.91 Å². The van der Waals surface area contributed by atoms with Crippen molar-refractivity contribution in [2.75, 3.05) is 11.9 Å². The van der Waals surface area contributed by atoms with E-state index in [0.717, 1.165) is 5.69 Å². The summed E-state index contributed by atoms with van der Waals surface area (Å²) in [4.78, 5) is 24.0. The largest absolute Gasteiger partial charge is 0.453 e. The molecule has 1 aromatic carbocycles. The Labute approximate surface area is 94.8 Å². The first-order chi connectivity index (χ1) is 7.52. The van der Waals surface area contributed by atoms with Crippen molar-refractivity contribution in [1.82, 2.24) is 0 Å². The fourth-order valence-corrected chi connectivity index (χ4v) is 1.35. The molecule has 0 radical (unpaired) electrons. The molecule has 0 bridgehead atoms. The third-order valence-corrected chi connectivity index (χ3v) is 2.16. The van der Waals surface area contributed by atoms with Crippen molar-refractivity contribution in [2.24, 2.45) is 0 Å². The van der Waals surface area contributed by atoms with E-state index in [1.54, 1.807) is 14.0 Å². The lowest BCUT2D eigenvalue weighted by molar-refractivity contribution is -0.151. The van der Waals surface area contributed by atoms with Gasteiger partial charge in [-0.15, -0.1) is 0 Å². The quantitative estimate of drug-likeness (QED) is 0.728. The maximum atomic E-state index is 11.8. The van der Waals surface area contributed by atoms with Crippen LogP contribution in [0.1, 0.15) is 13.8 Å². The zero-order valence-corrected chi connectivity index (χ0v) is 9.64. The molecule has 0 fully saturated rings. The molecule has 0 spiro atoms. The Balaban J connectivity index is 2.71.